The van der Waals surface area contributed by atoms with Crippen LogP contribution >= 0.6 is 0 Å². The van der Waals surface area contributed by atoms with E-state index in [9.17, 15) is 4.79 Å². The number of benzene rings is 1. The highest BCUT2D eigenvalue weighted by Gasteiger charge is 2.12. The number of hydrogen-bond donors (Lipinski definition) is 1. The first-order valence-electron chi connectivity index (χ1n) is 6.53. The molecule has 0 fully saturated rings. The van der Waals surface area contributed by atoms with Gasteiger partial charge >= 0.3 is 5.97 Å². The lowest BCUT2D eigenvalue weighted by Crippen LogP contribution is -2.04. The highest BCUT2D eigenvalue weighted by Crippen LogP contribution is 2.21. The third-order valence-corrected chi connectivity index (χ3v) is 3.16. The Morgan fingerprint density at radius 2 is 2.19 bits per heavy atom. The van der Waals surface area contributed by atoms with E-state index >= 15 is 0 Å². The van der Waals surface area contributed by atoms with E-state index < -0.39 is 5.97 Å². The fourth-order valence-electron chi connectivity index (χ4n) is 2.13. The van der Waals surface area contributed by atoms with Gasteiger partial charge in [0.2, 0.25) is 0 Å². The molecule has 0 aliphatic carbocycles. The molecule has 0 amide bonds. The van der Waals surface area contributed by atoms with E-state index in [4.69, 9.17) is 9.84 Å². The molecule has 0 radical (unpaired) electrons. The Morgan fingerprint density at radius 1 is 1.33 bits per heavy atom. The van der Waals surface area contributed by atoms with Crippen LogP contribution in [-0.2, 0) is 6.61 Å². The third-order valence-electron chi connectivity index (χ3n) is 3.16. The molecule has 0 spiro atoms. The van der Waals surface area contributed by atoms with Gasteiger partial charge in [0.15, 0.2) is 0 Å². The minimum absolute atomic E-state index is 0.157. The van der Waals surface area contributed by atoms with Crippen molar-refractivity contribution in [2.75, 3.05) is 0 Å². The molecule has 0 saturated heterocycles. The summed E-state index contributed by atoms with van der Waals surface area (Å²) in [5.74, 6) is -0.639. The largest absolute Gasteiger partial charge is 0.486 e. The zero-order valence-electron chi connectivity index (χ0n) is 11.5. The molecule has 0 unspecified atom stereocenters. The van der Waals surface area contributed by atoms with Gasteiger partial charge in [0.05, 0.1) is 5.69 Å². The van der Waals surface area contributed by atoms with Gasteiger partial charge in [-0.3, -0.25) is 0 Å². The van der Waals surface area contributed by atoms with Gasteiger partial charge in [-0.1, -0.05) is 12.1 Å². The number of hydrogen-bond acceptors (Lipinski definition) is 3. The van der Waals surface area contributed by atoms with E-state index in [1.165, 1.54) is 0 Å². The van der Waals surface area contributed by atoms with Crippen molar-refractivity contribution in [1.29, 1.82) is 0 Å². The molecule has 3 rings (SSSR count). The van der Waals surface area contributed by atoms with E-state index in [2.05, 4.69) is 4.98 Å². The second-order valence-electron chi connectivity index (χ2n) is 4.79. The second-order valence-corrected chi connectivity index (χ2v) is 4.79. The molecule has 21 heavy (non-hydrogen) atoms. The van der Waals surface area contributed by atoms with Crippen LogP contribution in [-0.4, -0.2) is 20.5 Å². The summed E-state index contributed by atoms with van der Waals surface area (Å²) in [5.41, 5.74) is 2.69. The lowest BCUT2D eigenvalue weighted by molar-refractivity contribution is 0.0691. The predicted octanol–water partition coefficient (Wildman–Crippen LogP) is 2.92. The summed E-state index contributed by atoms with van der Waals surface area (Å²) in [6.45, 7) is 2.12. The Bertz CT molecular complexity index is 775. The number of aromatic nitrogens is 2. The summed E-state index contributed by atoms with van der Waals surface area (Å²) in [6, 6.07) is 10.8. The van der Waals surface area contributed by atoms with Crippen LogP contribution in [0, 0.1) is 6.92 Å². The topological polar surface area (TPSA) is 63.8 Å². The number of fused-ring (bicyclic) bond motifs is 1. The van der Waals surface area contributed by atoms with Gasteiger partial charge in [0.1, 0.15) is 23.6 Å². The molecule has 0 bridgehead atoms. The lowest BCUT2D eigenvalue weighted by Gasteiger charge is -2.08. The summed E-state index contributed by atoms with van der Waals surface area (Å²) in [5, 5.41) is 9.17. The Kier molecular flexibility index (Phi) is 3.31. The molecular formula is C16H14N2O3. The number of ether oxygens (including phenoxy) is 1. The smallest absolute Gasteiger partial charge is 0.339 e. The maximum Gasteiger partial charge on any atom is 0.339 e. The van der Waals surface area contributed by atoms with Crippen molar-refractivity contribution in [1.82, 2.24) is 9.38 Å². The number of carboxylic acid groups (broad SMARTS) is 1. The van der Waals surface area contributed by atoms with Gasteiger partial charge in [-0.05, 0) is 36.8 Å². The zero-order chi connectivity index (χ0) is 14.8. The monoisotopic (exact) mass is 282 g/mol. The molecule has 0 aliphatic heterocycles. The number of pyridine rings is 1. The maximum atomic E-state index is 11.2. The molecule has 2 aromatic heterocycles. The first kappa shape index (κ1) is 13.2. The van der Waals surface area contributed by atoms with Crippen LogP contribution in [0.3, 0.4) is 0 Å². The molecule has 0 aliphatic rings. The van der Waals surface area contributed by atoms with Gasteiger partial charge in [-0.2, -0.15) is 0 Å². The van der Waals surface area contributed by atoms with Crippen molar-refractivity contribution in [3.63, 3.8) is 0 Å². The van der Waals surface area contributed by atoms with E-state index in [1.807, 2.05) is 41.9 Å². The van der Waals surface area contributed by atoms with Gasteiger partial charge < -0.3 is 14.2 Å². The maximum absolute atomic E-state index is 11.2. The van der Waals surface area contributed by atoms with Crippen LogP contribution in [0.2, 0.25) is 0 Å². The van der Waals surface area contributed by atoms with Crippen molar-refractivity contribution >= 4 is 11.6 Å². The van der Waals surface area contributed by atoms with Crippen LogP contribution in [0.1, 0.15) is 21.6 Å². The molecule has 5 heteroatoms. The predicted molar refractivity (Wildman–Crippen MR) is 77.7 cm³/mol. The zero-order valence-corrected chi connectivity index (χ0v) is 11.5. The molecule has 106 valence electrons. The number of carbonyl (C=O) groups is 1. The number of carboxylic acids is 1. The van der Waals surface area contributed by atoms with Crippen LogP contribution in [0.4, 0.5) is 0 Å². The summed E-state index contributed by atoms with van der Waals surface area (Å²) in [6.07, 6.45) is 3.77. The summed E-state index contributed by atoms with van der Waals surface area (Å²) in [7, 11) is 0. The Labute approximate surface area is 121 Å². The quantitative estimate of drug-likeness (QED) is 0.799. The summed E-state index contributed by atoms with van der Waals surface area (Å²) in [4.78, 5) is 15.6. The van der Waals surface area contributed by atoms with E-state index in [-0.39, 0.29) is 12.2 Å². The van der Waals surface area contributed by atoms with E-state index in [1.54, 1.807) is 18.2 Å². The van der Waals surface area contributed by atoms with Crippen molar-refractivity contribution in [2.45, 2.75) is 13.5 Å². The number of aryl methyl sites for hydroxylation is 1. The average Bonchev–Trinajstić information content (AvgIpc) is 2.87. The summed E-state index contributed by atoms with van der Waals surface area (Å²) >= 11 is 0. The minimum Gasteiger partial charge on any atom is -0.486 e. The highest BCUT2D eigenvalue weighted by atomic mass is 16.5. The third kappa shape index (κ3) is 2.72. The Hall–Kier alpha value is -2.82. The van der Waals surface area contributed by atoms with Gasteiger partial charge in [0, 0.05) is 12.4 Å². The van der Waals surface area contributed by atoms with Gasteiger partial charge in [-0.15, -0.1) is 0 Å². The normalized spacial score (nSPS) is 10.7. The van der Waals surface area contributed by atoms with Crippen LogP contribution in [0.15, 0.2) is 48.8 Å². The standard InChI is InChI=1S/C16H14N2O3/c1-11-5-6-13(16(19)20)14(8-11)21-10-12-9-18-7-3-2-4-15(18)17-12/h2-9H,10H2,1H3,(H,19,20). The Morgan fingerprint density at radius 3 is 2.95 bits per heavy atom. The highest BCUT2D eigenvalue weighted by molar-refractivity contribution is 5.90. The summed E-state index contributed by atoms with van der Waals surface area (Å²) < 4.78 is 7.53. The molecule has 1 N–H and O–H groups in total. The fourth-order valence-corrected chi connectivity index (χ4v) is 2.13. The van der Waals surface area contributed by atoms with Crippen molar-refractivity contribution in [3.8, 4) is 5.75 Å². The molecular weight excluding hydrogens is 268 g/mol. The molecule has 1 aromatic carbocycles. The molecule has 3 aromatic rings. The number of nitrogens with zero attached hydrogens (tertiary/aromatic N) is 2. The van der Waals surface area contributed by atoms with Crippen molar-refractivity contribution < 1.29 is 14.6 Å². The number of rotatable bonds is 4. The minimum atomic E-state index is -1.000. The van der Waals surface area contributed by atoms with Crippen LogP contribution in [0.5, 0.6) is 5.75 Å². The molecule has 0 saturated carbocycles. The van der Waals surface area contributed by atoms with Crippen LogP contribution < -0.4 is 4.74 Å². The number of aromatic carboxylic acids is 1. The van der Waals surface area contributed by atoms with E-state index in [0.717, 1.165) is 16.9 Å². The van der Waals surface area contributed by atoms with E-state index in [0.29, 0.717) is 5.75 Å². The molecule has 5 nitrogen and oxygen atoms in total. The first-order chi connectivity index (χ1) is 10.1. The number of imidazole rings is 1. The average molecular weight is 282 g/mol. The Balaban J connectivity index is 1.84. The second kappa shape index (κ2) is 5.28. The fraction of sp³-hybridized carbons (Fsp3) is 0.125. The SMILES string of the molecule is Cc1ccc(C(=O)O)c(OCc2cn3ccccc3n2)c1. The van der Waals surface area contributed by atoms with Crippen molar-refractivity contribution in [3.05, 3.63) is 65.6 Å². The van der Waals surface area contributed by atoms with Crippen molar-refractivity contribution in [2.24, 2.45) is 0 Å². The van der Waals surface area contributed by atoms with Gasteiger partial charge in [-0.25, -0.2) is 9.78 Å². The molecule has 2 heterocycles. The lowest BCUT2D eigenvalue weighted by atomic mass is 10.1. The molecule has 0 atom stereocenters. The van der Waals surface area contributed by atoms with Gasteiger partial charge in [0.25, 0.3) is 0 Å². The first-order valence-corrected chi connectivity index (χ1v) is 6.53. The van der Waals surface area contributed by atoms with Crippen LogP contribution in [0.25, 0.3) is 5.65 Å².